The topological polar surface area (TPSA) is 21.3 Å². The minimum atomic E-state index is 0.764. The van der Waals surface area contributed by atoms with Gasteiger partial charge in [0.2, 0.25) is 0 Å². The molecule has 0 aromatic heterocycles. The van der Waals surface area contributed by atoms with Gasteiger partial charge in [-0.2, -0.15) is 0 Å². The molecular weight excluding hydrogens is 198 g/mol. The molecule has 0 amide bonds. The molecule has 96 valence electrons. The molecule has 0 saturated heterocycles. The van der Waals surface area contributed by atoms with Crippen molar-refractivity contribution < 1.29 is 4.74 Å². The second kappa shape index (κ2) is 8.08. The highest BCUT2D eigenvalue weighted by atomic mass is 16.5. The van der Waals surface area contributed by atoms with E-state index in [1.165, 1.54) is 32.1 Å². The van der Waals surface area contributed by atoms with Crippen LogP contribution in [0.15, 0.2) is 0 Å². The molecule has 0 bridgehead atoms. The lowest BCUT2D eigenvalue weighted by Gasteiger charge is -2.19. The number of ether oxygens (including phenoxy) is 1. The lowest BCUT2D eigenvalue weighted by Crippen LogP contribution is -2.30. The largest absolute Gasteiger partial charge is 0.385 e. The Morgan fingerprint density at radius 3 is 2.69 bits per heavy atom. The van der Waals surface area contributed by atoms with Crippen molar-refractivity contribution in [3.8, 4) is 0 Å². The van der Waals surface area contributed by atoms with Crippen molar-refractivity contribution in [2.24, 2.45) is 11.8 Å². The van der Waals surface area contributed by atoms with Crippen LogP contribution >= 0.6 is 0 Å². The molecule has 2 atom stereocenters. The van der Waals surface area contributed by atoms with Gasteiger partial charge in [0.25, 0.3) is 0 Å². The maximum absolute atomic E-state index is 5.06. The number of rotatable bonds is 6. The van der Waals surface area contributed by atoms with Gasteiger partial charge in [0.05, 0.1) is 0 Å². The average Bonchev–Trinajstić information content (AvgIpc) is 2.50. The zero-order chi connectivity index (χ0) is 11.8. The molecule has 0 radical (unpaired) electrons. The number of nitrogens with one attached hydrogen (secondary N) is 1. The summed E-state index contributed by atoms with van der Waals surface area (Å²) in [5, 5.41) is 3.68. The van der Waals surface area contributed by atoms with Crippen LogP contribution in [0.5, 0.6) is 0 Å². The second-order valence-electron chi connectivity index (χ2n) is 5.51. The normalized spacial score (nSPS) is 27.0. The van der Waals surface area contributed by atoms with Gasteiger partial charge in [-0.15, -0.1) is 0 Å². The third kappa shape index (κ3) is 5.31. The fourth-order valence-electron chi connectivity index (χ4n) is 2.72. The smallest absolute Gasteiger partial charge is 0.0474 e. The van der Waals surface area contributed by atoms with Crippen LogP contribution in [0.25, 0.3) is 0 Å². The Morgan fingerprint density at radius 1 is 1.19 bits per heavy atom. The first-order valence-electron chi connectivity index (χ1n) is 6.96. The summed E-state index contributed by atoms with van der Waals surface area (Å²) in [6.07, 6.45) is 8.14. The van der Waals surface area contributed by atoms with Gasteiger partial charge in [-0.25, -0.2) is 0 Å². The molecule has 2 heteroatoms. The Balaban J connectivity index is 2.15. The molecule has 0 spiro atoms. The van der Waals surface area contributed by atoms with E-state index in [0.29, 0.717) is 0 Å². The average molecular weight is 227 g/mol. The lowest BCUT2D eigenvalue weighted by molar-refractivity contribution is 0.192. The third-order valence-corrected chi connectivity index (χ3v) is 3.91. The quantitative estimate of drug-likeness (QED) is 0.556. The van der Waals surface area contributed by atoms with E-state index in [1.54, 1.807) is 7.11 Å². The summed E-state index contributed by atoms with van der Waals surface area (Å²) in [7, 11) is 1.78. The van der Waals surface area contributed by atoms with Gasteiger partial charge < -0.3 is 10.1 Å². The van der Waals surface area contributed by atoms with E-state index in [2.05, 4.69) is 19.2 Å². The van der Waals surface area contributed by atoms with Crippen LogP contribution < -0.4 is 5.32 Å². The summed E-state index contributed by atoms with van der Waals surface area (Å²) >= 11 is 0. The summed E-state index contributed by atoms with van der Waals surface area (Å²) in [5.41, 5.74) is 0. The molecule has 1 N–H and O–H groups in total. The van der Waals surface area contributed by atoms with Crippen LogP contribution in [0.2, 0.25) is 0 Å². The molecule has 0 aromatic carbocycles. The van der Waals surface area contributed by atoms with Crippen LogP contribution in [0.4, 0.5) is 0 Å². The summed E-state index contributed by atoms with van der Waals surface area (Å²) in [6, 6.07) is 0.764. The highest BCUT2D eigenvalue weighted by molar-refractivity contribution is 4.76. The molecular formula is C14H29NO. The van der Waals surface area contributed by atoms with Gasteiger partial charge in [0, 0.05) is 19.8 Å². The van der Waals surface area contributed by atoms with E-state index in [9.17, 15) is 0 Å². The van der Waals surface area contributed by atoms with Gasteiger partial charge in [-0.3, -0.25) is 0 Å². The van der Waals surface area contributed by atoms with Crippen molar-refractivity contribution >= 4 is 0 Å². The van der Waals surface area contributed by atoms with Crippen LogP contribution in [0.3, 0.4) is 0 Å². The first-order chi connectivity index (χ1) is 7.74. The van der Waals surface area contributed by atoms with Gasteiger partial charge in [-0.1, -0.05) is 26.7 Å². The van der Waals surface area contributed by atoms with Crippen molar-refractivity contribution in [1.82, 2.24) is 5.32 Å². The van der Waals surface area contributed by atoms with E-state index in [4.69, 9.17) is 4.74 Å². The summed E-state index contributed by atoms with van der Waals surface area (Å²) in [5.74, 6) is 1.83. The first-order valence-corrected chi connectivity index (χ1v) is 6.96. The molecule has 0 heterocycles. The zero-order valence-corrected chi connectivity index (χ0v) is 11.3. The lowest BCUT2D eigenvalue weighted by atomic mass is 9.89. The number of hydrogen-bond acceptors (Lipinski definition) is 2. The molecule has 0 aromatic rings. The molecule has 1 saturated carbocycles. The molecule has 2 unspecified atom stereocenters. The Hall–Kier alpha value is -0.0800. The Kier molecular flexibility index (Phi) is 7.06. The molecule has 1 fully saturated rings. The highest BCUT2D eigenvalue weighted by Gasteiger charge is 2.20. The van der Waals surface area contributed by atoms with Gasteiger partial charge in [0.15, 0.2) is 0 Å². The van der Waals surface area contributed by atoms with Gasteiger partial charge >= 0.3 is 0 Å². The minimum Gasteiger partial charge on any atom is -0.385 e. The van der Waals surface area contributed by atoms with E-state index >= 15 is 0 Å². The summed E-state index contributed by atoms with van der Waals surface area (Å²) in [6.45, 7) is 6.74. The molecule has 1 rings (SSSR count). The predicted octanol–water partition coefficient (Wildman–Crippen LogP) is 3.22. The minimum absolute atomic E-state index is 0.764. The first kappa shape index (κ1) is 14.0. The van der Waals surface area contributed by atoms with Crippen molar-refractivity contribution in [2.45, 2.75) is 58.4 Å². The Labute approximate surface area is 101 Å². The van der Waals surface area contributed by atoms with E-state index in [1.807, 2.05) is 0 Å². The number of methoxy groups -OCH3 is 1. The molecule has 2 nitrogen and oxygen atoms in total. The van der Waals surface area contributed by atoms with E-state index in [0.717, 1.165) is 37.5 Å². The fourth-order valence-corrected chi connectivity index (χ4v) is 2.72. The third-order valence-electron chi connectivity index (χ3n) is 3.91. The fraction of sp³-hybridized carbons (Fsp3) is 1.00. The standard InChI is InChI=1S/C14H29NO/c1-12(2)13-6-4-7-14(9-8-13)15-10-5-11-16-3/h12-15H,4-11H2,1-3H3. The van der Waals surface area contributed by atoms with E-state index in [-0.39, 0.29) is 0 Å². The molecule has 1 aliphatic rings. The second-order valence-corrected chi connectivity index (χ2v) is 5.51. The summed E-state index contributed by atoms with van der Waals surface area (Å²) in [4.78, 5) is 0. The summed E-state index contributed by atoms with van der Waals surface area (Å²) < 4.78 is 5.06. The predicted molar refractivity (Wildman–Crippen MR) is 69.7 cm³/mol. The molecule has 0 aliphatic heterocycles. The SMILES string of the molecule is COCCCNC1CCCC(C(C)C)CC1. The zero-order valence-electron chi connectivity index (χ0n) is 11.3. The molecule has 1 aliphatic carbocycles. The van der Waals surface area contributed by atoms with Crippen molar-refractivity contribution in [2.75, 3.05) is 20.3 Å². The van der Waals surface area contributed by atoms with Gasteiger partial charge in [-0.05, 0) is 44.1 Å². The van der Waals surface area contributed by atoms with Crippen molar-refractivity contribution in [3.05, 3.63) is 0 Å². The van der Waals surface area contributed by atoms with Crippen LogP contribution in [-0.2, 0) is 4.74 Å². The Morgan fingerprint density at radius 2 is 2.00 bits per heavy atom. The van der Waals surface area contributed by atoms with Crippen molar-refractivity contribution in [1.29, 1.82) is 0 Å². The molecule has 16 heavy (non-hydrogen) atoms. The van der Waals surface area contributed by atoms with Crippen LogP contribution in [0, 0.1) is 11.8 Å². The van der Waals surface area contributed by atoms with Crippen molar-refractivity contribution in [3.63, 3.8) is 0 Å². The monoisotopic (exact) mass is 227 g/mol. The van der Waals surface area contributed by atoms with Gasteiger partial charge in [0.1, 0.15) is 0 Å². The maximum Gasteiger partial charge on any atom is 0.0474 e. The van der Waals surface area contributed by atoms with Crippen LogP contribution in [-0.4, -0.2) is 26.3 Å². The van der Waals surface area contributed by atoms with Crippen LogP contribution in [0.1, 0.15) is 52.4 Å². The number of hydrogen-bond donors (Lipinski definition) is 1. The Bertz CT molecular complexity index is 170. The highest BCUT2D eigenvalue weighted by Crippen LogP contribution is 2.28. The van der Waals surface area contributed by atoms with E-state index < -0.39 is 0 Å². The maximum atomic E-state index is 5.06.